The predicted octanol–water partition coefficient (Wildman–Crippen LogP) is 3.73. The molecule has 0 saturated heterocycles. The summed E-state index contributed by atoms with van der Waals surface area (Å²) in [5.41, 5.74) is 0.830. The van der Waals surface area contributed by atoms with Crippen LogP contribution in [0.1, 0.15) is 19.2 Å². The Morgan fingerprint density at radius 2 is 1.88 bits per heavy atom. The van der Waals surface area contributed by atoms with E-state index in [-0.39, 0.29) is 0 Å². The van der Waals surface area contributed by atoms with Gasteiger partial charge in [0.25, 0.3) is 0 Å². The van der Waals surface area contributed by atoms with Crippen molar-refractivity contribution in [1.82, 2.24) is 15.2 Å². The number of hydrogen-bond acceptors (Lipinski definition) is 2. The van der Waals surface area contributed by atoms with E-state index in [0.717, 1.165) is 24.2 Å². The number of H-pyrrole nitrogens is 1. The van der Waals surface area contributed by atoms with Crippen molar-refractivity contribution in [3.05, 3.63) is 34.1 Å². The molecule has 1 heterocycles. The van der Waals surface area contributed by atoms with Crippen molar-refractivity contribution in [2.75, 3.05) is 0 Å². The normalized spacial score (nSPS) is 10.7. The van der Waals surface area contributed by atoms with Crippen molar-refractivity contribution in [1.29, 1.82) is 0 Å². The highest BCUT2D eigenvalue weighted by molar-refractivity contribution is 6.35. The maximum Gasteiger partial charge on any atom is 0.181 e. The number of aryl methyl sites for hydroxylation is 1. The third-order valence-electron chi connectivity index (χ3n) is 2.14. The third-order valence-corrected chi connectivity index (χ3v) is 2.58. The van der Waals surface area contributed by atoms with E-state index in [1.807, 2.05) is 0 Å². The van der Waals surface area contributed by atoms with Crippen LogP contribution in [0.5, 0.6) is 0 Å². The summed E-state index contributed by atoms with van der Waals surface area (Å²) in [5, 5.41) is 8.21. The summed E-state index contributed by atoms with van der Waals surface area (Å²) >= 11 is 11.8. The summed E-state index contributed by atoms with van der Waals surface area (Å²) in [4.78, 5) is 4.37. The summed E-state index contributed by atoms with van der Waals surface area (Å²) in [6, 6.07) is 5.28. The zero-order valence-electron chi connectivity index (χ0n) is 8.80. The molecule has 0 saturated carbocycles. The molecule has 0 aliphatic carbocycles. The molecule has 0 aliphatic rings. The largest absolute Gasteiger partial charge is 0.263 e. The second kappa shape index (κ2) is 4.85. The van der Waals surface area contributed by atoms with Gasteiger partial charge in [0.2, 0.25) is 0 Å². The Hall–Kier alpha value is -1.06. The molecule has 84 valence electrons. The first-order valence-electron chi connectivity index (χ1n) is 5.07. The average Bonchev–Trinajstić information content (AvgIpc) is 2.65. The maximum atomic E-state index is 5.92. The highest BCUT2D eigenvalue weighted by Gasteiger charge is 2.07. The standard InChI is InChI=1S/C11H11Cl2N3/c1-2-3-10-14-11(16-15-10)7-4-8(12)6-9(13)5-7/h4-6H,2-3H2,1H3,(H,14,15,16). The van der Waals surface area contributed by atoms with Gasteiger partial charge < -0.3 is 0 Å². The summed E-state index contributed by atoms with van der Waals surface area (Å²) < 4.78 is 0. The lowest BCUT2D eigenvalue weighted by molar-refractivity contribution is 0.841. The first kappa shape index (κ1) is 11.4. The molecule has 2 rings (SSSR count). The molecule has 1 N–H and O–H groups in total. The van der Waals surface area contributed by atoms with Gasteiger partial charge in [0.15, 0.2) is 5.82 Å². The molecule has 0 fully saturated rings. The van der Waals surface area contributed by atoms with Crippen LogP contribution in [-0.2, 0) is 6.42 Å². The van der Waals surface area contributed by atoms with Crippen molar-refractivity contribution in [3.63, 3.8) is 0 Å². The Bertz CT molecular complexity index is 473. The van der Waals surface area contributed by atoms with Crippen LogP contribution < -0.4 is 0 Å². The van der Waals surface area contributed by atoms with Crippen molar-refractivity contribution in [3.8, 4) is 11.4 Å². The molecule has 0 unspecified atom stereocenters. The molecule has 0 atom stereocenters. The molecule has 1 aromatic carbocycles. The molecule has 1 aromatic heterocycles. The van der Waals surface area contributed by atoms with E-state index in [9.17, 15) is 0 Å². The van der Waals surface area contributed by atoms with Gasteiger partial charge >= 0.3 is 0 Å². The van der Waals surface area contributed by atoms with Crippen molar-refractivity contribution in [2.45, 2.75) is 19.8 Å². The van der Waals surface area contributed by atoms with Crippen LogP contribution in [0, 0.1) is 0 Å². The van der Waals surface area contributed by atoms with Crippen LogP contribution in [0.15, 0.2) is 18.2 Å². The number of aromatic nitrogens is 3. The molecular formula is C11H11Cl2N3. The monoisotopic (exact) mass is 255 g/mol. The topological polar surface area (TPSA) is 41.6 Å². The lowest BCUT2D eigenvalue weighted by Gasteiger charge is -1.97. The van der Waals surface area contributed by atoms with E-state index in [2.05, 4.69) is 22.1 Å². The smallest absolute Gasteiger partial charge is 0.181 e. The van der Waals surface area contributed by atoms with E-state index >= 15 is 0 Å². The van der Waals surface area contributed by atoms with Gasteiger partial charge in [-0.2, -0.15) is 5.10 Å². The molecule has 0 amide bonds. The number of benzene rings is 1. The quantitative estimate of drug-likeness (QED) is 0.908. The van der Waals surface area contributed by atoms with E-state index in [1.165, 1.54) is 0 Å². The zero-order valence-corrected chi connectivity index (χ0v) is 10.3. The minimum Gasteiger partial charge on any atom is -0.263 e. The highest BCUT2D eigenvalue weighted by Crippen LogP contribution is 2.24. The molecule has 16 heavy (non-hydrogen) atoms. The fourth-order valence-electron chi connectivity index (χ4n) is 1.46. The fraction of sp³-hybridized carbons (Fsp3) is 0.273. The Kier molecular flexibility index (Phi) is 3.46. The van der Waals surface area contributed by atoms with Crippen LogP contribution in [0.4, 0.5) is 0 Å². The fourth-order valence-corrected chi connectivity index (χ4v) is 1.98. The van der Waals surface area contributed by atoms with E-state index in [4.69, 9.17) is 23.2 Å². The zero-order chi connectivity index (χ0) is 11.5. The number of nitrogens with one attached hydrogen (secondary N) is 1. The molecule has 2 aromatic rings. The summed E-state index contributed by atoms with van der Waals surface area (Å²) in [6.45, 7) is 2.10. The first-order chi connectivity index (χ1) is 7.69. The van der Waals surface area contributed by atoms with Gasteiger partial charge in [-0.3, -0.25) is 5.10 Å². The molecule has 3 nitrogen and oxygen atoms in total. The van der Waals surface area contributed by atoms with E-state index in [0.29, 0.717) is 15.9 Å². The molecule has 5 heteroatoms. The lowest BCUT2D eigenvalue weighted by Crippen LogP contribution is -1.85. The van der Waals surface area contributed by atoms with Gasteiger partial charge in [-0.25, -0.2) is 4.98 Å². The predicted molar refractivity (Wildman–Crippen MR) is 65.8 cm³/mol. The minimum atomic E-state index is 0.587. The number of rotatable bonds is 3. The minimum absolute atomic E-state index is 0.587. The van der Waals surface area contributed by atoms with Crippen LogP contribution in [0.25, 0.3) is 11.4 Å². The van der Waals surface area contributed by atoms with Crippen LogP contribution in [0.2, 0.25) is 10.0 Å². The maximum absolute atomic E-state index is 5.92. The molecule has 0 bridgehead atoms. The molecule has 0 spiro atoms. The van der Waals surface area contributed by atoms with E-state index < -0.39 is 0 Å². The van der Waals surface area contributed by atoms with Gasteiger partial charge in [0, 0.05) is 22.0 Å². The van der Waals surface area contributed by atoms with Crippen LogP contribution in [0.3, 0.4) is 0 Å². The SMILES string of the molecule is CCCc1nc(-c2cc(Cl)cc(Cl)c2)n[nH]1. The van der Waals surface area contributed by atoms with Gasteiger partial charge in [0.1, 0.15) is 5.82 Å². The van der Waals surface area contributed by atoms with Crippen LogP contribution in [-0.4, -0.2) is 15.2 Å². The average molecular weight is 256 g/mol. The van der Waals surface area contributed by atoms with Crippen LogP contribution >= 0.6 is 23.2 Å². The second-order valence-electron chi connectivity index (χ2n) is 3.51. The Labute approximate surface area is 104 Å². The van der Waals surface area contributed by atoms with Gasteiger partial charge in [-0.1, -0.05) is 30.1 Å². The van der Waals surface area contributed by atoms with Crippen molar-refractivity contribution < 1.29 is 0 Å². The number of nitrogens with zero attached hydrogens (tertiary/aromatic N) is 2. The van der Waals surface area contributed by atoms with Crippen molar-refractivity contribution in [2.24, 2.45) is 0 Å². The summed E-state index contributed by atoms with van der Waals surface area (Å²) in [6.07, 6.45) is 1.92. The van der Waals surface area contributed by atoms with Gasteiger partial charge in [-0.05, 0) is 24.6 Å². The lowest BCUT2D eigenvalue weighted by atomic mass is 10.2. The number of hydrogen-bond donors (Lipinski definition) is 1. The molecular weight excluding hydrogens is 245 g/mol. The second-order valence-corrected chi connectivity index (χ2v) is 4.39. The Balaban J connectivity index is 2.34. The van der Waals surface area contributed by atoms with Gasteiger partial charge in [-0.15, -0.1) is 0 Å². The van der Waals surface area contributed by atoms with Crippen molar-refractivity contribution >= 4 is 23.2 Å². The Morgan fingerprint density at radius 1 is 1.19 bits per heavy atom. The molecule has 0 aliphatic heterocycles. The molecule has 0 radical (unpaired) electrons. The summed E-state index contributed by atoms with van der Waals surface area (Å²) in [5.74, 6) is 1.52. The summed E-state index contributed by atoms with van der Waals surface area (Å²) in [7, 11) is 0. The number of halogens is 2. The third kappa shape index (κ3) is 2.54. The Morgan fingerprint density at radius 3 is 2.50 bits per heavy atom. The first-order valence-corrected chi connectivity index (χ1v) is 5.82. The van der Waals surface area contributed by atoms with E-state index in [1.54, 1.807) is 18.2 Å². The van der Waals surface area contributed by atoms with Gasteiger partial charge in [0.05, 0.1) is 0 Å². The number of aromatic amines is 1. The highest BCUT2D eigenvalue weighted by atomic mass is 35.5.